The first kappa shape index (κ1) is 26.7. The molecule has 0 radical (unpaired) electrons. The molecule has 4 amide bonds. The minimum Gasteiger partial charge on any atom is -0.462 e. The Morgan fingerprint density at radius 3 is 2.33 bits per heavy atom. The Morgan fingerprint density at radius 2 is 1.61 bits per heavy atom. The fraction of sp³-hybridized carbons (Fsp3) is 0.792. The highest BCUT2D eigenvalue weighted by atomic mass is 35.5. The molecule has 200 valence electrons. The number of halogens is 1. The smallest absolute Gasteiger partial charge is 0.328 e. The van der Waals surface area contributed by atoms with Gasteiger partial charge in [0.25, 0.3) is 0 Å². The van der Waals surface area contributed by atoms with E-state index in [2.05, 4.69) is 10.2 Å². The largest absolute Gasteiger partial charge is 0.462 e. The van der Waals surface area contributed by atoms with Crippen LogP contribution in [0.4, 0.5) is 0 Å². The van der Waals surface area contributed by atoms with Gasteiger partial charge in [-0.15, -0.1) is 0 Å². The van der Waals surface area contributed by atoms with Gasteiger partial charge < -0.3 is 24.8 Å². The van der Waals surface area contributed by atoms with E-state index in [0.29, 0.717) is 45.3 Å². The lowest BCUT2D eigenvalue weighted by Gasteiger charge is -2.40. The first-order valence-corrected chi connectivity index (χ1v) is 13.2. The van der Waals surface area contributed by atoms with E-state index < -0.39 is 47.5 Å². The highest BCUT2D eigenvalue weighted by Crippen LogP contribution is 2.29. The normalized spacial score (nSPS) is 36.8. The van der Waals surface area contributed by atoms with E-state index in [1.165, 1.54) is 16.7 Å². The van der Waals surface area contributed by atoms with E-state index >= 15 is 0 Å². The molecule has 0 aromatic rings. The summed E-state index contributed by atoms with van der Waals surface area (Å²) in [5, 5.41) is 2.78. The van der Waals surface area contributed by atoms with Crippen molar-refractivity contribution >= 4 is 41.4 Å². The zero-order valence-electron chi connectivity index (χ0n) is 21.1. The maximum atomic E-state index is 13.7. The molecule has 0 unspecified atom stereocenters. The molecule has 11 nitrogen and oxygen atoms in total. The molecule has 4 aliphatic heterocycles. The first-order valence-electron chi connectivity index (χ1n) is 12.8. The van der Waals surface area contributed by atoms with Gasteiger partial charge in [-0.25, -0.2) is 9.63 Å². The number of esters is 1. The molecule has 4 rings (SSSR count). The van der Waals surface area contributed by atoms with Crippen LogP contribution in [0.15, 0.2) is 0 Å². The van der Waals surface area contributed by atoms with Crippen LogP contribution in [-0.4, -0.2) is 100 Å². The Balaban J connectivity index is 1.70. The van der Waals surface area contributed by atoms with E-state index in [0.717, 1.165) is 12.8 Å². The van der Waals surface area contributed by atoms with Crippen molar-refractivity contribution in [3.8, 4) is 0 Å². The summed E-state index contributed by atoms with van der Waals surface area (Å²) in [6, 6.07) is -3.14. The van der Waals surface area contributed by atoms with E-state index in [9.17, 15) is 24.0 Å². The number of hydrogen-bond acceptors (Lipinski definition) is 7. The number of hydrogen-bond donors (Lipinski definition) is 2. The van der Waals surface area contributed by atoms with E-state index in [1.807, 2.05) is 6.92 Å². The zero-order valence-corrected chi connectivity index (χ0v) is 21.9. The molecule has 0 aromatic carbocycles. The maximum Gasteiger partial charge on any atom is 0.328 e. The average Bonchev–Trinajstić information content (AvgIpc) is 3.52. The van der Waals surface area contributed by atoms with Gasteiger partial charge in [-0.3, -0.25) is 19.2 Å². The highest BCUT2D eigenvalue weighted by Gasteiger charge is 2.48. The lowest BCUT2D eigenvalue weighted by molar-refractivity contribution is -0.160. The van der Waals surface area contributed by atoms with E-state index in [-0.39, 0.29) is 24.3 Å². The molecule has 0 spiro atoms. The van der Waals surface area contributed by atoms with Crippen LogP contribution in [0.25, 0.3) is 0 Å². The summed E-state index contributed by atoms with van der Waals surface area (Å²) < 4.78 is 5.54. The Bertz CT molecular complexity index is 933. The summed E-state index contributed by atoms with van der Waals surface area (Å²) >= 11 is 5.99. The molecule has 2 N–H and O–H groups in total. The summed E-state index contributed by atoms with van der Waals surface area (Å²) in [5.41, 5.74) is -1.47. The van der Waals surface area contributed by atoms with Gasteiger partial charge in [-0.05, 0) is 70.1 Å². The summed E-state index contributed by atoms with van der Waals surface area (Å²) in [6.45, 7) is 5.83. The number of nitrogens with zero attached hydrogens (tertiary/aromatic N) is 3. The number of carbonyl (C=O) groups excluding carboxylic acids is 5. The van der Waals surface area contributed by atoms with Gasteiger partial charge in [-0.1, -0.05) is 6.92 Å². The van der Waals surface area contributed by atoms with Gasteiger partial charge >= 0.3 is 5.97 Å². The molecule has 0 aromatic heterocycles. The van der Waals surface area contributed by atoms with Gasteiger partial charge in [0.2, 0.25) is 23.6 Å². The average molecular weight is 526 g/mol. The van der Waals surface area contributed by atoms with Crippen molar-refractivity contribution in [2.45, 2.75) is 89.0 Å². The van der Waals surface area contributed by atoms with Crippen LogP contribution < -0.4 is 10.2 Å². The van der Waals surface area contributed by atoms with Gasteiger partial charge in [-0.2, -0.15) is 0 Å². The SMILES string of the molecule is C[C@@H]1C[C@H]2C(=O)OC[C@@](C)(NCl)C(=O)N3CCC[C@H]3C(=O)N3CCCC[C@H]3C(=O)N[C@@H](C)C(=O)N2C1. The molecular weight excluding hydrogens is 490 g/mol. The summed E-state index contributed by atoms with van der Waals surface area (Å²) in [7, 11) is 0. The van der Waals surface area contributed by atoms with E-state index in [1.54, 1.807) is 11.8 Å². The molecule has 6 atom stereocenters. The lowest BCUT2D eigenvalue weighted by Crippen LogP contribution is -2.63. The Kier molecular flexibility index (Phi) is 7.80. The predicted molar refractivity (Wildman–Crippen MR) is 129 cm³/mol. The van der Waals surface area contributed by atoms with Crippen molar-refractivity contribution in [1.29, 1.82) is 0 Å². The number of piperidine rings is 1. The second kappa shape index (κ2) is 10.5. The number of nitrogens with one attached hydrogen (secondary N) is 2. The van der Waals surface area contributed by atoms with Gasteiger partial charge in [0.05, 0.1) is 0 Å². The number of rotatable bonds is 1. The zero-order chi connectivity index (χ0) is 26.2. The minimum absolute atomic E-state index is 0.0625. The topological polar surface area (TPSA) is 128 Å². The number of ether oxygens (including phenoxy) is 1. The van der Waals surface area contributed by atoms with Crippen LogP contribution in [0.2, 0.25) is 0 Å². The van der Waals surface area contributed by atoms with Gasteiger partial charge in [0.15, 0.2) is 0 Å². The summed E-state index contributed by atoms with van der Waals surface area (Å²) in [4.78, 5) is 73.9. The third-order valence-electron chi connectivity index (χ3n) is 7.87. The van der Waals surface area contributed by atoms with Crippen LogP contribution >= 0.6 is 11.8 Å². The van der Waals surface area contributed by atoms with Crippen LogP contribution in [0.3, 0.4) is 0 Å². The van der Waals surface area contributed by atoms with Gasteiger partial charge in [0.1, 0.15) is 36.3 Å². The van der Waals surface area contributed by atoms with Gasteiger partial charge in [0, 0.05) is 19.6 Å². The standard InChI is InChI=1S/C24H36ClN5O6/c1-14-11-18-22(34)36-13-24(3,27-25)23(35)29-10-6-8-17(29)21(33)28-9-5-4-7-16(28)19(31)26-15(2)20(32)30(18)12-14/h14-18,27H,4-13H2,1-3H3,(H,26,31)/t14-,15+,16+,17+,18+,24-/m1/s1. The quantitative estimate of drug-likeness (QED) is 0.368. The number of fused-ring (bicyclic) bond motifs is 3. The van der Waals surface area contributed by atoms with Crippen LogP contribution in [-0.2, 0) is 28.7 Å². The third-order valence-corrected chi connectivity index (χ3v) is 8.28. The van der Waals surface area contributed by atoms with Crippen LogP contribution in [0.5, 0.6) is 0 Å². The number of amides is 4. The van der Waals surface area contributed by atoms with E-state index in [4.69, 9.17) is 16.5 Å². The molecular formula is C24H36ClN5O6. The number of carbonyl (C=O) groups is 5. The molecule has 0 bridgehead atoms. The molecule has 4 heterocycles. The van der Waals surface area contributed by atoms with Crippen molar-refractivity contribution < 1.29 is 28.7 Å². The fourth-order valence-corrected chi connectivity index (χ4v) is 5.95. The maximum absolute atomic E-state index is 13.7. The molecule has 4 fully saturated rings. The molecule has 4 aliphatic rings. The molecule has 12 heteroatoms. The molecule has 36 heavy (non-hydrogen) atoms. The Hall–Kier alpha value is -2.40. The predicted octanol–water partition coefficient (Wildman–Crippen LogP) is 0.159. The second-order valence-electron chi connectivity index (χ2n) is 10.8. The second-order valence-corrected chi connectivity index (χ2v) is 11.0. The monoisotopic (exact) mass is 525 g/mol. The van der Waals surface area contributed by atoms with Crippen molar-refractivity contribution in [2.75, 3.05) is 26.2 Å². The third kappa shape index (κ3) is 4.91. The van der Waals surface area contributed by atoms with Crippen molar-refractivity contribution in [1.82, 2.24) is 24.9 Å². The van der Waals surface area contributed by atoms with Crippen molar-refractivity contribution in [3.05, 3.63) is 0 Å². The molecule has 4 saturated heterocycles. The summed E-state index contributed by atoms with van der Waals surface area (Å²) in [6.07, 6.45) is 3.54. The Labute approximate surface area is 216 Å². The van der Waals surface area contributed by atoms with Crippen LogP contribution in [0, 0.1) is 5.92 Å². The Morgan fingerprint density at radius 1 is 0.917 bits per heavy atom. The lowest BCUT2D eigenvalue weighted by atomic mass is 9.98. The minimum atomic E-state index is -1.47. The highest BCUT2D eigenvalue weighted by molar-refractivity contribution is 6.16. The van der Waals surface area contributed by atoms with Crippen LogP contribution in [0.1, 0.15) is 59.3 Å². The van der Waals surface area contributed by atoms with Crippen molar-refractivity contribution in [3.63, 3.8) is 0 Å². The number of cyclic esters (lactones) is 1. The fourth-order valence-electron chi connectivity index (χ4n) is 5.82. The first-order chi connectivity index (χ1) is 17.1. The molecule has 0 saturated carbocycles. The summed E-state index contributed by atoms with van der Waals surface area (Å²) in [5.74, 6) is -2.08. The molecule has 0 aliphatic carbocycles. The van der Waals surface area contributed by atoms with Crippen molar-refractivity contribution in [2.24, 2.45) is 5.92 Å².